The van der Waals surface area contributed by atoms with Crippen molar-refractivity contribution >= 4 is 29.1 Å². The third kappa shape index (κ3) is 6.33. The van der Waals surface area contributed by atoms with Crippen molar-refractivity contribution < 1.29 is 23.8 Å². The molecule has 0 spiro atoms. The maximum absolute atomic E-state index is 14.0. The Morgan fingerprint density at radius 2 is 1.62 bits per heavy atom. The summed E-state index contributed by atoms with van der Waals surface area (Å²) in [4.78, 5) is 29.5. The number of hydrogen-bond acceptors (Lipinski definition) is 5. The SMILES string of the molecule is COc1ccc(NC(=O)C(c2ccc3c(c2)OCO3)N(Cc2ccc(Cl)cc2)C(=O)Cc2ccccc2)cc1. The molecule has 1 atom stereocenters. The van der Waals surface area contributed by atoms with Gasteiger partial charge in [-0.05, 0) is 65.2 Å². The maximum Gasteiger partial charge on any atom is 0.251 e. The first-order chi connectivity index (χ1) is 19.0. The van der Waals surface area contributed by atoms with Gasteiger partial charge in [0.25, 0.3) is 5.91 Å². The summed E-state index contributed by atoms with van der Waals surface area (Å²) in [6.45, 7) is 0.293. The number of fused-ring (bicyclic) bond motifs is 1. The normalized spacial score (nSPS) is 12.5. The van der Waals surface area contributed by atoms with Gasteiger partial charge in [-0.15, -0.1) is 0 Å². The number of nitrogens with zero attached hydrogens (tertiary/aromatic N) is 1. The Bertz CT molecular complexity index is 1440. The Morgan fingerprint density at radius 1 is 0.897 bits per heavy atom. The molecule has 8 heteroatoms. The molecule has 0 bridgehead atoms. The molecule has 0 radical (unpaired) electrons. The molecule has 0 saturated carbocycles. The lowest BCUT2D eigenvalue weighted by Gasteiger charge is -2.32. The molecule has 1 unspecified atom stereocenters. The van der Waals surface area contributed by atoms with Crippen molar-refractivity contribution in [3.63, 3.8) is 0 Å². The van der Waals surface area contributed by atoms with E-state index in [0.29, 0.717) is 33.5 Å². The van der Waals surface area contributed by atoms with Gasteiger partial charge in [-0.3, -0.25) is 9.59 Å². The van der Waals surface area contributed by atoms with E-state index in [1.54, 1.807) is 66.6 Å². The van der Waals surface area contributed by atoms with Crippen LogP contribution in [0.5, 0.6) is 17.2 Å². The third-order valence-corrected chi connectivity index (χ3v) is 6.67. The fourth-order valence-electron chi connectivity index (χ4n) is 4.42. The van der Waals surface area contributed by atoms with E-state index in [4.69, 9.17) is 25.8 Å². The summed E-state index contributed by atoms with van der Waals surface area (Å²) in [5.74, 6) is 1.21. The van der Waals surface area contributed by atoms with Crippen molar-refractivity contribution in [3.05, 3.63) is 119 Å². The highest BCUT2D eigenvalue weighted by atomic mass is 35.5. The molecule has 0 aliphatic carbocycles. The zero-order chi connectivity index (χ0) is 27.2. The Kier molecular flexibility index (Phi) is 7.99. The molecule has 198 valence electrons. The Labute approximate surface area is 231 Å². The second kappa shape index (κ2) is 11.9. The lowest BCUT2D eigenvalue weighted by Crippen LogP contribution is -2.41. The number of nitrogens with one attached hydrogen (secondary N) is 1. The van der Waals surface area contributed by atoms with Gasteiger partial charge in [0.1, 0.15) is 11.8 Å². The van der Waals surface area contributed by atoms with Gasteiger partial charge >= 0.3 is 0 Å². The summed E-state index contributed by atoms with van der Waals surface area (Å²) in [5, 5.41) is 3.56. The Hall–Kier alpha value is -4.49. The Balaban J connectivity index is 1.54. The number of methoxy groups -OCH3 is 1. The summed E-state index contributed by atoms with van der Waals surface area (Å²) in [6, 6.07) is 28.1. The largest absolute Gasteiger partial charge is 0.497 e. The van der Waals surface area contributed by atoms with Gasteiger partial charge in [0.2, 0.25) is 12.7 Å². The first kappa shape index (κ1) is 26.1. The maximum atomic E-state index is 14.0. The van der Waals surface area contributed by atoms with E-state index in [2.05, 4.69) is 5.32 Å². The highest BCUT2D eigenvalue weighted by molar-refractivity contribution is 6.30. The zero-order valence-corrected chi connectivity index (χ0v) is 22.1. The molecule has 0 fully saturated rings. The first-order valence-corrected chi connectivity index (χ1v) is 12.8. The van der Waals surface area contributed by atoms with Crippen LogP contribution < -0.4 is 19.5 Å². The number of hydrogen-bond donors (Lipinski definition) is 1. The average molecular weight is 543 g/mol. The fraction of sp³-hybridized carbons (Fsp3) is 0.161. The van der Waals surface area contributed by atoms with Crippen LogP contribution in [0.3, 0.4) is 0 Å². The topological polar surface area (TPSA) is 77.1 Å². The predicted octanol–water partition coefficient (Wildman–Crippen LogP) is 6.03. The van der Waals surface area contributed by atoms with Crippen LogP contribution in [0.2, 0.25) is 5.02 Å². The molecule has 0 aromatic heterocycles. The minimum atomic E-state index is -0.964. The molecule has 4 aromatic rings. The van der Waals surface area contributed by atoms with Crippen LogP contribution in [0.15, 0.2) is 97.1 Å². The van der Waals surface area contributed by atoms with Crippen molar-refractivity contribution in [2.24, 2.45) is 0 Å². The molecule has 1 N–H and O–H groups in total. The number of ether oxygens (including phenoxy) is 3. The third-order valence-electron chi connectivity index (χ3n) is 6.41. The van der Waals surface area contributed by atoms with Crippen LogP contribution in [0.4, 0.5) is 5.69 Å². The standard InChI is InChI=1S/C31H27ClN2O5/c1-37-26-14-12-25(13-15-26)33-31(36)30(23-9-16-27-28(18-23)39-20-38-27)34(19-22-7-10-24(32)11-8-22)29(35)17-21-5-3-2-4-6-21/h2-16,18,30H,17,19-20H2,1H3,(H,33,36). The van der Waals surface area contributed by atoms with Crippen molar-refractivity contribution in [1.29, 1.82) is 0 Å². The van der Waals surface area contributed by atoms with Gasteiger partial charge in [-0.25, -0.2) is 0 Å². The summed E-state index contributed by atoms with van der Waals surface area (Å²) in [7, 11) is 1.58. The van der Waals surface area contributed by atoms with Crippen LogP contribution in [0.1, 0.15) is 22.7 Å². The molecule has 1 heterocycles. The first-order valence-electron chi connectivity index (χ1n) is 12.4. The number of halogens is 1. The smallest absolute Gasteiger partial charge is 0.251 e. The van der Waals surface area contributed by atoms with Gasteiger partial charge in [0, 0.05) is 17.3 Å². The number of carbonyl (C=O) groups excluding carboxylic acids is 2. The molecule has 7 nitrogen and oxygen atoms in total. The fourth-order valence-corrected chi connectivity index (χ4v) is 4.55. The van der Waals surface area contributed by atoms with Gasteiger partial charge in [0.05, 0.1) is 13.5 Å². The summed E-state index contributed by atoms with van der Waals surface area (Å²) >= 11 is 6.11. The van der Waals surface area contributed by atoms with E-state index >= 15 is 0 Å². The van der Waals surface area contributed by atoms with Crippen LogP contribution >= 0.6 is 11.6 Å². The van der Waals surface area contributed by atoms with Crippen molar-refractivity contribution in [2.45, 2.75) is 19.0 Å². The summed E-state index contributed by atoms with van der Waals surface area (Å²) in [5.41, 5.74) is 2.86. The molecule has 39 heavy (non-hydrogen) atoms. The monoisotopic (exact) mass is 542 g/mol. The number of amides is 2. The number of anilines is 1. The van der Waals surface area contributed by atoms with Gasteiger partial charge < -0.3 is 24.4 Å². The molecule has 2 amide bonds. The predicted molar refractivity (Wildman–Crippen MR) is 149 cm³/mol. The van der Waals surface area contributed by atoms with E-state index in [1.807, 2.05) is 42.5 Å². The lowest BCUT2D eigenvalue weighted by molar-refractivity contribution is -0.139. The van der Waals surface area contributed by atoms with Crippen LogP contribution in [-0.2, 0) is 22.6 Å². The highest BCUT2D eigenvalue weighted by Crippen LogP contribution is 2.37. The molecule has 1 aliphatic rings. The second-order valence-electron chi connectivity index (χ2n) is 9.04. The second-order valence-corrected chi connectivity index (χ2v) is 9.48. The molecule has 1 aliphatic heterocycles. The van der Waals surface area contributed by atoms with E-state index < -0.39 is 6.04 Å². The van der Waals surface area contributed by atoms with Crippen molar-refractivity contribution in [2.75, 3.05) is 19.2 Å². The number of carbonyl (C=O) groups is 2. The van der Waals surface area contributed by atoms with E-state index in [1.165, 1.54) is 0 Å². The number of benzene rings is 4. The van der Waals surface area contributed by atoms with E-state index in [9.17, 15) is 9.59 Å². The molecule has 0 saturated heterocycles. The van der Waals surface area contributed by atoms with E-state index in [-0.39, 0.29) is 31.6 Å². The van der Waals surface area contributed by atoms with Crippen LogP contribution in [0.25, 0.3) is 0 Å². The van der Waals surface area contributed by atoms with Crippen molar-refractivity contribution in [1.82, 2.24) is 4.90 Å². The molecular formula is C31H27ClN2O5. The van der Waals surface area contributed by atoms with Gasteiger partial charge in [0.15, 0.2) is 11.5 Å². The van der Waals surface area contributed by atoms with E-state index in [0.717, 1.165) is 11.1 Å². The van der Waals surface area contributed by atoms with Crippen LogP contribution in [-0.4, -0.2) is 30.6 Å². The van der Waals surface area contributed by atoms with Crippen LogP contribution in [0, 0.1) is 0 Å². The van der Waals surface area contributed by atoms with Crippen molar-refractivity contribution in [3.8, 4) is 17.2 Å². The summed E-state index contributed by atoms with van der Waals surface area (Å²) in [6.07, 6.45) is 0.130. The Morgan fingerprint density at radius 3 is 2.33 bits per heavy atom. The summed E-state index contributed by atoms with van der Waals surface area (Å²) < 4.78 is 16.3. The molecule has 5 rings (SSSR count). The van der Waals surface area contributed by atoms with Gasteiger partial charge in [-0.2, -0.15) is 0 Å². The lowest BCUT2D eigenvalue weighted by atomic mass is 10.0. The minimum absolute atomic E-state index is 0.100. The average Bonchev–Trinajstić information content (AvgIpc) is 3.43. The highest BCUT2D eigenvalue weighted by Gasteiger charge is 2.33. The minimum Gasteiger partial charge on any atom is -0.497 e. The number of rotatable bonds is 9. The molecular weight excluding hydrogens is 516 g/mol. The zero-order valence-electron chi connectivity index (χ0n) is 21.3. The quantitative estimate of drug-likeness (QED) is 0.279. The van der Waals surface area contributed by atoms with Gasteiger partial charge in [-0.1, -0.05) is 60.1 Å². The molecule has 4 aromatic carbocycles.